The van der Waals surface area contributed by atoms with Crippen molar-refractivity contribution >= 4 is 44.8 Å². The number of rotatable bonds is 9. The summed E-state index contributed by atoms with van der Waals surface area (Å²) >= 11 is 11.7. The first kappa shape index (κ1) is 27.8. The summed E-state index contributed by atoms with van der Waals surface area (Å²) in [6, 6.07) is 13.8. The van der Waals surface area contributed by atoms with Gasteiger partial charge in [0.2, 0.25) is 15.9 Å². The molecule has 1 atom stereocenters. The number of carbonyl (C=O) groups excluding carboxylic acids is 1. The average molecular weight is 561 g/mol. The lowest BCUT2D eigenvalue weighted by Crippen LogP contribution is -2.45. The molecule has 1 amide bonds. The van der Waals surface area contributed by atoms with E-state index in [1.807, 2.05) is 0 Å². The van der Waals surface area contributed by atoms with Gasteiger partial charge in [-0.1, -0.05) is 53.5 Å². The Balaban J connectivity index is 1.99. The number of amides is 1. The second-order valence-electron chi connectivity index (χ2n) is 7.56. The van der Waals surface area contributed by atoms with Gasteiger partial charge in [-0.25, -0.2) is 8.42 Å². The molecule has 0 fully saturated rings. The number of anilines is 1. The van der Waals surface area contributed by atoms with Crippen LogP contribution in [0.2, 0.25) is 10.0 Å². The fourth-order valence-electron chi connectivity index (χ4n) is 3.33. The minimum Gasteiger partial charge on any atom is -0.492 e. The summed E-state index contributed by atoms with van der Waals surface area (Å²) in [6.07, 6.45) is -4.96. The van der Waals surface area contributed by atoms with Crippen molar-refractivity contribution < 1.29 is 31.1 Å². The van der Waals surface area contributed by atoms with E-state index in [1.54, 1.807) is 37.3 Å². The molecule has 36 heavy (non-hydrogen) atoms. The molecule has 6 nitrogen and oxygen atoms in total. The highest BCUT2D eigenvalue weighted by atomic mass is 35.5. The lowest BCUT2D eigenvalue weighted by molar-refractivity contribution is -0.137. The largest absolute Gasteiger partial charge is 0.492 e. The van der Waals surface area contributed by atoms with Crippen LogP contribution in [-0.2, 0) is 27.4 Å². The van der Waals surface area contributed by atoms with E-state index in [1.165, 1.54) is 18.2 Å². The van der Waals surface area contributed by atoms with Crippen LogP contribution in [-0.4, -0.2) is 27.0 Å². The first-order chi connectivity index (χ1) is 16.9. The number of hydrogen-bond acceptors (Lipinski definition) is 4. The maximum atomic E-state index is 13.5. The lowest BCUT2D eigenvalue weighted by Gasteiger charge is -2.21. The molecule has 0 aromatic heterocycles. The number of sulfonamides is 1. The molecule has 12 heteroatoms. The molecule has 0 saturated heterocycles. The summed E-state index contributed by atoms with van der Waals surface area (Å²) in [5.74, 6) is -0.999. The van der Waals surface area contributed by atoms with Crippen molar-refractivity contribution in [1.82, 2.24) is 4.72 Å². The molecule has 0 aliphatic heterocycles. The number of nitrogens with one attached hydrogen (secondary N) is 2. The summed E-state index contributed by atoms with van der Waals surface area (Å²) < 4.78 is 74.8. The summed E-state index contributed by atoms with van der Waals surface area (Å²) in [4.78, 5) is 12.9. The molecule has 1 unspecified atom stereocenters. The maximum Gasteiger partial charge on any atom is 0.418 e. The summed E-state index contributed by atoms with van der Waals surface area (Å²) in [5.41, 5.74) is -1.16. The normalized spacial score (nSPS) is 12.7. The van der Waals surface area contributed by atoms with Crippen LogP contribution < -0.4 is 14.8 Å². The van der Waals surface area contributed by atoms with Gasteiger partial charge in [0.25, 0.3) is 0 Å². The maximum absolute atomic E-state index is 13.5. The number of hydrogen-bond donors (Lipinski definition) is 2. The van der Waals surface area contributed by atoms with Crippen LogP contribution >= 0.6 is 23.2 Å². The third-order valence-electron chi connectivity index (χ3n) is 4.94. The van der Waals surface area contributed by atoms with Crippen LogP contribution in [0.3, 0.4) is 0 Å². The van der Waals surface area contributed by atoms with Crippen LogP contribution in [0.25, 0.3) is 0 Å². The molecule has 3 aromatic carbocycles. The predicted octanol–water partition coefficient (Wildman–Crippen LogP) is 5.94. The third-order valence-corrected chi connectivity index (χ3v) is 6.90. The molecule has 192 valence electrons. The Labute approximate surface area is 216 Å². The highest BCUT2D eigenvalue weighted by molar-refractivity contribution is 7.89. The summed E-state index contributed by atoms with van der Waals surface area (Å²) in [7, 11) is -4.40. The smallest absolute Gasteiger partial charge is 0.418 e. The number of ether oxygens (including phenoxy) is 1. The fourth-order valence-corrected chi connectivity index (χ4v) is 5.11. The minimum absolute atomic E-state index is 0.00493. The number of carbonyl (C=O) groups is 1. The van der Waals surface area contributed by atoms with Crippen molar-refractivity contribution in [3.05, 3.63) is 87.9 Å². The zero-order chi connectivity index (χ0) is 26.5. The zero-order valence-electron chi connectivity index (χ0n) is 18.8. The standard InChI is InChI=1S/C24H21Cl2F3N2O4S/c1-2-35-21-11-9-17(26)14-22(21)36(33,34)31-20(12-15-6-4-3-5-7-15)23(32)30-19-10-8-16(25)13-18(19)24(27,28)29/h3-11,13-14,20,31H,2,12H2,1H3,(H,30,32). The molecule has 0 radical (unpaired) electrons. The quantitative estimate of drug-likeness (QED) is 0.339. The third kappa shape index (κ3) is 7.13. The Morgan fingerprint density at radius 1 is 1.00 bits per heavy atom. The molecule has 3 rings (SSSR count). The minimum atomic E-state index is -4.81. The Morgan fingerprint density at radius 2 is 1.64 bits per heavy atom. The number of halogens is 5. The van der Waals surface area contributed by atoms with Crippen LogP contribution in [0.5, 0.6) is 5.75 Å². The van der Waals surface area contributed by atoms with E-state index in [4.69, 9.17) is 27.9 Å². The molecule has 0 aliphatic carbocycles. The van der Waals surface area contributed by atoms with Crippen molar-refractivity contribution in [2.45, 2.75) is 30.5 Å². The zero-order valence-corrected chi connectivity index (χ0v) is 21.1. The lowest BCUT2D eigenvalue weighted by atomic mass is 10.1. The van der Waals surface area contributed by atoms with Gasteiger partial charge in [-0.3, -0.25) is 4.79 Å². The van der Waals surface area contributed by atoms with Gasteiger partial charge in [-0.2, -0.15) is 17.9 Å². The molecule has 0 spiro atoms. The van der Waals surface area contributed by atoms with Gasteiger partial charge in [0.1, 0.15) is 16.7 Å². The molecular formula is C24H21Cl2F3N2O4S. The summed E-state index contributed by atoms with van der Waals surface area (Å²) in [6.45, 7) is 1.82. The topological polar surface area (TPSA) is 84.5 Å². The van der Waals surface area contributed by atoms with Crippen molar-refractivity contribution in [2.75, 3.05) is 11.9 Å². The van der Waals surface area contributed by atoms with E-state index in [2.05, 4.69) is 10.0 Å². The van der Waals surface area contributed by atoms with E-state index in [0.29, 0.717) is 11.6 Å². The van der Waals surface area contributed by atoms with Gasteiger partial charge < -0.3 is 10.1 Å². The molecule has 0 heterocycles. The molecular weight excluding hydrogens is 540 g/mol. The molecule has 3 aromatic rings. The van der Waals surface area contributed by atoms with Gasteiger partial charge >= 0.3 is 6.18 Å². The number of benzene rings is 3. The van der Waals surface area contributed by atoms with Crippen molar-refractivity contribution in [1.29, 1.82) is 0 Å². The second kappa shape index (κ2) is 11.5. The first-order valence-electron chi connectivity index (χ1n) is 10.6. The first-order valence-corrected chi connectivity index (χ1v) is 12.8. The van der Waals surface area contributed by atoms with E-state index in [9.17, 15) is 26.4 Å². The highest BCUT2D eigenvalue weighted by Crippen LogP contribution is 2.36. The van der Waals surface area contributed by atoms with E-state index in [0.717, 1.165) is 12.1 Å². The second-order valence-corrected chi connectivity index (χ2v) is 10.1. The van der Waals surface area contributed by atoms with Crippen LogP contribution in [0.15, 0.2) is 71.6 Å². The predicted molar refractivity (Wildman–Crippen MR) is 132 cm³/mol. The van der Waals surface area contributed by atoms with E-state index in [-0.39, 0.29) is 33.7 Å². The van der Waals surface area contributed by atoms with Crippen LogP contribution in [0.1, 0.15) is 18.1 Å². The molecule has 0 saturated carbocycles. The Bertz CT molecular complexity index is 1340. The van der Waals surface area contributed by atoms with Gasteiger partial charge in [0.15, 0.2) is 0 Å². The highest BCUT2D eigenvalue weighted by Gasteiger charge is 2.35. The SMILES string of the molecule is CCOc1ccc(Cl)cc1S(=O)(=O)NC(Cc1ccccc1)C(=O)Nc1ccc(Cl)cc1C(F)(F)F. The van der Waals surface area contributed by atoms with E-state index < -0.39 is 39.4 Å². The molecule has 0 aliphatic rings. The number of alkyl halides is 3. The van der Waals surface area contributed by atoms with Crippen LogP contribution in [0, 0.1) is 0 Å². The van der Waals surface area contributed by atoms with Gasteiger partial charge in [0, 0.05) is 10.0 Å². The fraction of sp³-hybridized carbons (Fsp3) is 0.208. The van der Waals surface area contributed by atoms with Gasteiger partial charge in [-0.15, -0.1) is 0 Å². The Kier molecular flexibility index (Phi) is 8.89. The Hall–Kier alpha value is -2.79. The van der Waals surface area contributed by atoms with Crippen molar-refractivity contribution in [2.24, 2.45) is 0 Å². The average Bonchev–Trinajstić information content (AvgIpc) is 2.81. The van der Waals surface area contributed by atoms with Crippen molar-refractivity contribution in [3.8, 4) is 5.75 Å². The molecule has 0 bridgehead atoms. The van der Waals surface area contributed by atoms with Gasteiger partial charge in [-0.05, 0) is 55.3 Å². The molecule has 2 N–H and O–H groups in total. The van der Waals surface area contributed by atoms with Crippen LogP contribution in [0.4, 0.5) is 18.9 Å². The van der Waals surface area contributed by atoms with Gasteiger partial charge in [0.05, 0.1) is 17.9 Å². The Morgan fingerprint density at radius 3 is 2.28 bits per heavy atom. The van der Waals surface area contributed by atoms with E-state index >= 15 is 0 Å². The van der Waals surface area contributed by atoms with Crippen molar-refractivity contribution in [3.63, 3.8) is 0 Å². The monoisotopic (exact) mass is 560 g/mol. The summed E-state index contributed by atoms with van der Waals surface area (Å²) in [5, 5.41) is 2.12.